The lowest BCUT2D eigenvalue weighted by molar-refractivity contribution is -0.143. The van der Waals surface area contributed by atoms with E-state index in [4.69, 9.17) is 0 Å². The number of aliphatic carboxylic acids is 1. The number of azo groups is 1. The first kappa shape index (κ1) is 19.2. The van der Waals surface area contributed by atoms with Gasteiger partial charge in [0.15, 0.2) is 0 Å². The van der Waals surface area contributed by atoms with Crippen molar-refractivity contribution in [2.45, 2.75) is 36.6 Å². The van der Waals surface area contributed by atoms with E-state index in [1.54, 1.807) is 12.1 Å². The second-order valence-electron chi connectivity index (χ2n) is 6.49. The van der Waals surface area contributed by atoms with Crippen molar-refractivity contribution in [1.29, 1.82) is 0 Å². The van der Waals surface area contributed by atoms with E-state index in [9.17, 15) is 18.3 Å². The molecule has 3 rings (SSSR count). The Labute approximate surface area is 158 Å². The smallest absolute Gasteiger partial charge is 0.308 e. The van der Waals surface area contributed by atoms with Crippen LogP contribution in [-0.4, -0.2) is 25.5 Å². The molecule has 142 valence electrons. The number of rotatable bonds is 6. The fourth-order valence-corrected chi connectivity index (χ4v) is 4.45. The molecule has 0 heterocycles. The first-order valence-corrected chi connectivity index (χ1v) is 10.3. The third-order valence-corrected chi connectivity index (χ3v) is 6.08. The van der Waals surface area contributed by atoms with Crippen LogP contribution in [0.1, 0.15) is 25.7 Å². The quantitative estimate of drug-likeness (QED) is 0.730. The van der Waals surface area contributed by atoms with Gasteiger partial charge in [-0.05, 0) is 49.2 Å². The minimum atomic E-state index is -3.80. The van der Waals surface area contributed by atoms with Crippen LogP contribution in [0, 0.1) is 5.92 Å². The summed E-state index contributed by atoms with van der Waals surface area (Å²) in [5.41, 5.74) is 1.23. The molecule has 1 fully saturated rings. The molecule has 1 aliphatic rings. The average Bonchev–Trinajstić information content (AvgIpc) is 2.67. The van der Waals surface area contributed by atoms with E-state index in [0.29, 0.717) is 24.2 Å². The molecule has 2 aromatic carbocycles. The summed E-state index contributed by atoms with van der Waals surface area (Å²) in [7, 11) is -3.80. The highest BCUT2D eigenvalue weighted by Crippen LogP contribution is 2.27. The third-order valence-electron chi connectivity index (χ3n) is 4.57. The van der Waals surface area contributed by atoms with Gasteiger partial charge in [0.2, 0.25) is 10.0 Å². The zero-order valence-corrected chi connectivity index (χ0v) is 15.5. The van der Waals surface area contributed by atoms with E-state index in [0.717, 1.165) is 12.8 Å². The number of hydrogen-bond acceptors (Lipinski definition) is 5. The van der Waals surface area contributed by atoms with E-state index >= 15 is 0 Å². The molecule has 8 heteroatoms. The van der Waals surface area contributed by atoms with Crippen LogP contribution in [0.3, 0.4) is 0 Å². The first-order chi connectivity index (χ1) is 13.0. The van der Waals surface area contributed by atoms with E-state index in [1.165, 1.54) is 12.1 Å². The van der Waals surface area contributed by atoms with Gasteiger partial charge in [0.1, 0.15) is 0 Å². The number of nitrogens with one attached hydrogen (secondary N) is 1. The Morgan fingerprint density at radius 1 is 0.926 bits per heavy atom. The average molecular weight is 387 g/mol. The molecule has 0 aromatic heterocycles. The van der Waals surface area contributed by atoms with Crippen LogP contribution >= 0.6 is 0 Å². The van der Waals surface area contributed by atoms with Gasteiger partial charge in [0.05, 0.1) is 22.2 Å². The summed E-state index contributed by atoms with van der Waals surface area (Å²) in [6.07, 6.45) is 2.63. The van der Waals surface area contributed by atoms with Crippen molar-refractivity contribution in [2.75, 3.05) is 0 Å². The molecule has 1 saturated carbocycles. The SMILES string of the molecule is O=C(O)C1CCCCC1NS(=O)(=O)c1ccc(N=Nc2ccccc2)cc1. The van der Waals surface area contributed by atoms with Gasteiger partial charge >= 0.3 is 5.97 Å². The van der Waals surface area contributed by atoms with Gasteiger partial charge in [-0.1, -0.05) is 31.0 Å². The lowest BCUT2D eigenvalue weighted by atomic mass is 9.85. The van der Waals surface area contributed by atoms with E-state index in [1.807, 2.05) is 30.3 Å². The Hall–Kier alpha value is -2.58. The molecule has 27 heavy (non-hydrogen) atoms. The minimum absolute atomic E-state index is 0.0795. The lowest BCUT2D eigenvalue weighted by Gasteiger charge is -2.28. The zero-order chi connectivity index (χ0) is 19.3. The summed E-state index contributed by atoms with van der Waals surface area (Å²) in [5, 5.41) is 17.5. The summed E-state index contributed by atoms with van der Waals surface area (Å²) in [6, 6.07) is 14.7. The molecule has 0 spiro atoms. The maximum absolute atomic E-state index is 12.6. The van der Waals surface area contributed by atoms with E-state index in [2.05, 4.69) is 15.0 Å². The van der Waals surface area contributed by atoms with Crippen molar-refractivity contribution in [2.24, 2.45) is 16.1 Å². The van der Waals surface area contributed by atoms with Crippen molar-refractivity contribution in [3.63, 3.8) is 0 Å². The Balaban J connectivity index is 1.71. The Morgan fingerprint density at radius 3 is 2.15 bits per heavy atom. The highest BCUT2D eigenvalue weighted by atomic mass is 32.2. The van der Waals surface area contributed by atoms with Crippen molar-refractivity contribution >= 4 is 27.4 Å². The maximum Gasteiger partial charge on any atom is 0.308 e. The van der Waals surface area contributed by atoms with E-state index < -0.39 is 28.0 Å². The lowest BCUT2D eigenvalue weighted by Crippen LogP contribution is -2.44. The monoisotopic (exact) mass is 387 g/mol. The number of nitrogens with zero attached hydrogens (tertiary/aromatic N) is 2. The molecule has 0 saturated heterocycles. The largest absolute Gasteiger partial charge is 0.481 e. The van der Waals surface area contributed by atoms with Gasteiger partial charge in [-0.2, -0.15) is 10.2 Å². The fourth-order valence-electron chi connectivity index (χ4n) is 3.14. The molecule has 0 bridgehead atoms. The molecular weight excluding hydrogens is 366 g/mol. The van der Waals surface area contributed by atoms with Gasteiger partial charge in [0, 0.05) is 6.04 Å². The normalized spacial score (nSPS) is 20.6. The second-order valence-corrected chi connectivity index (χ2v) is 8.20. The van der Waals surface area contributed by atoms with Gasteiger partial charge in [-0.3, -0.25) is 4.79 Å². The molecule has 2 aromatic rings. The number of carbonyl (C=O) groups is 1. The molecule has 2 N–H and O–H groups in total. The van der Waals surface area contributed by atoms with Crippen molar-refractivity contribution in [3.8, 4) is 0 Å². The standard InChI is InChI=1S/C19H21N3O4S/c23-19(24)17-8-4-5-9-18(17)22-27(25,26)16-12-10-15(11-13-16)21-20-14-6-2-1-3-7-14/h1-3,6-7,10-13,17-18,22H,4-5,8-9H2,(H,23,24). The summed E-state index contributed by atoms with van der Waals surface area (Å²) >= 11 is 0. The first-order valence-electron chi connectivity index (χ1n) is 8.78. The summed E-state index contributed by atoms with van der Waals surface area (Å²) in [4.78, 5) is 11.4. The number of benzene rings is 2. The van der Waals surface area contributed by atoms with Crippen LogP contribution in [0.15, 0.2) is 69.7 Å². The van der Waals surface area contributed by atoms with Crippen LogP contribution in [-0.2, 0) is 14.8 Å². The Morgan fingerprint density at radius 2 is 1.52 bits per heavy atom. The molecule has 7 nitrogen and oxygen atoms in total. The third kappa shape index (κ3) is 4.99. The van der Waals surface area contributed by atoms with Crippen LogP contribution < -0.4 is 4.72 Å². The molecule has 0 amide bonds. The van der Waals surface area contributed by atoms with Gasteiger partial charge in [-0.25, -0.2) is 13.1 Å². The van der Waals surface area contributed by atoms with Gasteiger partial charge in [-0.15, -0.1) is 0 Å². The predicted octanol–water partition coefficient (Wildman–Crippen LogP) is 4.02. The van der Waals surface area contributed by atoms with Gasteiger partial charge in [0.25, 0.3) is 0 Å². The zero-order valence-electron chi connectivity index (χ0n) is 14.7. The summed E-state index contributed by atoms with van der Waals surface area (Å²) in [6.45, 7) is 0. The topological polar surface area (TPSA) is 108 Å². The summed E-state index contributed by atoms with van der Waals surface area (Å²) < 4.78 is 27.8. The molecule has 0 aliphatic heterocycles. The molecule has 2 unspecified atom stereocenters. The second kappa shape index (κ2) is 8.41. The van der Waals surface area contributed by atoms with Crippen LogP contribution in [0.4, 0.5) is 11.4 Å². The highest BCUT2D eigenvalue weighted by molar-refractivity contribution is 7.89. The summed E-state index contributed by atoms with van der Waals surface area (Å²) in [5.74, 6) is -1.65. The number of carboxylic acid groups (broad SMARTS) is 1. The van der Waals surface area contributed by atoms with Crippen LogP contribution in [0.5, 0.6) is 0 Å². The Bertz CT molecular complexity index is 912. The molecule has 1 aliphatic carbocycles. The van der Waals surface area contributed by atoms with Crippen LogP contribution in [0.2, 0.25) is 0 Å². The van der Waals surface area contributed by atoms with Crippen LogP contribution in [0.25, 0.3) is 0 Å². The minimum Gasteiger partial charge on any atom is -0.481 e. The van der Waals surface area contributed by atoms with Crippen molar-refractivity contribution < 1.29 is 18.3 Å². The highest BCUT2D eigenvalue weighted by Gasteiger charge is 2.33. The molecular formula is C19H21N3O4S. The van der Waals surface area contributed by atoms with E-state index in [-0.39, 0.29) is 4.90 Å². The number of carboxylic acids is 1. The van der Waals surface area contributed by atoms with Crippen molar-refractivity contribution in [1.82, 2.24) is 4.72 Å². The molecule has 0 radical (unpaired) electrons. The molecule has 2 atom stereocenters. The Kier molecular flexibility index (Phi) is 5.98. The predicted molar refractivity (Wildman–Crippen MR) is 101 cm³/mol. The number of sulfonamides is 1. The van der Waals surface area contributed by atoms with Crippen molar-refractivity contribution in [3.05, 3.63) is 54.6 Å². The van der Waals surface area contributed by atoms with Gasteiger partial charge < -0.3 is 5.11 Å². The fraction of sp³-hybridized carbons (Fsp3) is 0.316. The number of hydrogen-bond donors (Lipinski definition) is 2. The maximum atomic E-state index is 12.6.